The average Bonchev–Trinajstić information content (AvgIpc) is 3.13. The molecule has 0 spiro atoms. The van der Waals surface area contributed by atoms with Crippen LogP contribution in [-0.2, 0) is 30.9 Å². The molecule has 0 fully saturated rings. The maximum Gasteiger partial charge on any atom is 0.191 e. The maximum absolute atomic E-state index is 5.14. The van der Waals surface area contributed by atoms with Crippen LogP contribution >= 0.6 is 24.0 Å². The Morgan fingerprint density at radius 2 is 2.13 bits per heavy atom. The van der Waals surface area contributed by atoms with Gasteiger partial charge in [0.25, 0.3) is 0 Å². The zero-order valence-electron chi connectivity index (χ0n) is 18.3. The van der Waals surface area contributed by atoms with Gasteiger partial charge in [-0.2, -0.15) is 5.10 Å². The number of nitrogens with one attached hydrogen (secondary N) is 2. The second-order valence-corrected chi connectivity index (χ2v) is 7.64. The van der Waals surface area contributed by atoms with Crippen molar-refractivity contribution < 1.29 is 4.74 Å². The summed E-state index contributed by atoms with van der Waals surface area (Å²) < 4.78 is 7.12. The summed E-state index contributed by atoms with van der Waals surface area (Å²) in [5, 5.41) is 11.5. The minimum Gasteiger partial charge on any atom is -0.377 e. The van der Waals surface area contributed by atoms with Gasteiger partial charge in [-0.05, 0) is 26.0 Å². The Bertz CT molecular complexity index is 796. The fourth-order valence-electron chi connectivity index (χ4n) is 3.48. The van der Waals surface area contributed by atoms with E-state index in [9.17, 15) is 0 Å². The molecular weight excluding hydrogens is 493 g/mol. The SMILES string of the molecule is CN=C(NCC(C)N(C)Cc1ccccc1)NC1CCc2nc(COC)nn2C1.I. The molecule has 3 rings (SSSR count). The molecule has 0 amide bonds. The number of aromatic nitrogens is 3. The lowest BCUT2D eigenvalue weighted by atomic mass is 10.1. The number of likely N-dealkylation sites (N-methyl/N-ethyl adjacent to an activating group) is 1. The molecule has 8 nitrogen and oxygen atoms in total. The first-order chi connectivity index (χ1) is 14.1. The Kier molecular flexibility index (Phi) is 9.99. The van der Waals surface area contributed by atoms with Gasteiger partial charge in [0, 0.05) is 45.8 Å². The summed E-state index contributed by atoms with van der Waals surface area (Å²) in [5.41, 5.74) is 1.32. The number of fused-ring (bicyclic) bond motifs is 1. The van der Waals surface area contributed by atoms with Crippen LogP contribution in [0.4, 0.5) is 0 Å². The number of aliphatic imine (C=N–C) groups is 1. The molecule has 30 heavy (non-hydrogen) atoms. The third-order valence-corrected chi connectivity index (χ3v) is 5.33. The van der Waals surface area contributed by atoms with Crippen LogP contribution in [0, 0.1) is 0 Å². The molecule has 0 saturated heterocycles. The van der Waals surface area contributed by atoms with Gasteiger partial charge in [-0.25, -0.2) is 9.67 Å². The van der Waals surface area contributed by atoms with E-state index in [2.05, 4.69) is 74.9 Å². The second kappa shape index (κ2) is 12.2. The van der Waals surface area contributed by atoms with Gasteiger partial charge in [-0.3, -0.25) is 9.89 Å². The molecule has 2 aromatic rings. The summed E-state index contributed by atoms with van der Waals surface area (Å²) in [7, 11) is 5.63. The molecular formula is C21H34IN7O. The van der Waals surface area contributed by atoms with E-state index >= 15 is 0 Å². The fourth-order valence-corrected chi connectivity index (χ4v) is 3.48. The van der Waals surface area contributed by atoms with Crippen molar-refractivity contribution in [1.82, 2.24) is 30.3 Å². The van der Waals surface area contributed by atoms with Crippen molar-refractivity contribution in [3.63, 3.8) is 0 Å². The highest BCUT2D eigenvalue weighted by Gasteiger charge is 2.22. The third kappa shape index (κ3) is 6.92. The van der Waals surface area contributed by atoms with Crippen molar-refractivity contribution in [3.05, 3.63) is 47.5 Å². The van der Waals surface area contributed by atoms with Crippen molar-refractivity contribution >= 4 is 29.9 Å². The highest BCUT2D eigenvalue weighted by atomic mass is 127. The largest absolute Gasteiger partial charge is 0.377 e. The molecule has 1 aromatic carbocycles. The van der Waals surface area contributed by atoms with Gasteiger partial charge in [0.15, 0.2) is 11.8 Å². The van der Waals surface area contributed by atoms with Crippen LogP contribution in [0.3, 0.4) is 0 Å². The first-order valence-electron chi connectivity index (χ1n) is 10.2. The van der Waals surface area contributed by atoms with Gasteiger partial charge in [0.1, 0.15) is 12.4 Å². The quantitative estimate of drug-likeness (QED) is 0.311. The molecule has 1 aliphatic rings. The van der Waals surface area contributed by atoms with Gasteiger partial charge >= 0.3 is 0 Å². The Morgan fingerprint density at radius 1 is 1.37 bits per heavy atom. The minimum absolute atomic E-state index is 0. The van der Waals surface area contributed by atoms with E-state index in [0.29, 0.717) is 12.6 Å². The van der Waals surface area contributed by atoms with Crippen LogP contribution in [0.5, 0.6) is 0 Å². The molecule has 1 aromatic heterocycles. The molecule has 0 saturated carbocycles. The van der Waals surface area contributed by atoms with Crippen LogP contribution in [0.15, 0.2) is 35.3 Å². The molecule has 0 bridgehead atoms. The predicted molar refractivity (Wildman–Crippen MR) is 130 cm³/mol. The van der Waals surface area contributed by atoms with Gasteiger partial charge in [0.05, 0.1) is 6.54 Å². The summed E-state index contributed by atoms with van der Waals surface area (Å²) in [4.78, 5) is 11.3. The zero-order valence-corrected chi connectivity index (χ0v) is 20.7. The van der Waals surface area contributed by atoms with Crippen LogP contribution in [0.2, 0.25) is 0 Å². The molecule has 2 N–H and O–H groups in total. The summed E-state index contributed by atoms with van der Waals surface area (Å²) in [5.74, 6) is 2.62. The molecule has 2 heterocycles. The summed E-state index contributed by atoms with van der Waals surface area (Å²) >= 11 is 0. The molecule has 0 radical (unpaired) electrons. The number of hydrogen-bond acceptors (Lipinski definition) is 5. The van der Waals surface area contributed by atoms with Crippen LogP contribution in [-0.4, -0.2) is 65.5 Å². The zero-order chi connectivity index (χ0) is 20.6. The number of hydrogen-bond donors (Lipinski definition) is 2. The second-order valence-electron chi connectivity index (χ2n) is 7.64. The van der Waals surface area contributed by atoms with E-state index in [1.54, 1.807) is 7.11 Å². The molecule has 166 valence electrons. The smallest absolute Gasteiger partial charge is 0.191 e. The molecule has 9 heteroatoms. The normalized spacial score (nSPS) is 17.2. The lowest BCUT2D eigenvalue weighted by Gasteiger charge is -2.28. The Balaban J connectivity index is 0.00000320. The highest BCUT2D eigenvalue weighted by molar-refractivity contribution is 14.0. The number of nitrogens with zero attached hydrogens (tertiary/aromatic N) is 5. The number of halogens is 1. The summed E-state index contributed by atoms with van der Waals surface area (Å²) in [6, 6.07) is 11.2. The average molecular weight is 527 g/mol. The van der Waals surface area contributed by atoms with Crippen molar-refractivity contribution in [2.75, 3.05) is 27.7 Å². The first-order valence-corrected chi connectivity index (χ1v) is 10.2. The molecule has 1 aliphatic heterocycles. The number of rotatable bonds is 8. The van der Waals surface area contributed by atoms with E-state index in [0.717, 1.165) is 50.1 Å². The summed E-state index contributed by atoms with van der Waals surface area (Å²) in [6.07, 6.45) is 1.91. The standard InChI is InChI=1S/C21H33N7O.HI/c1-16(27(3)13-17-8-6-5-7-9-17)12-23-21(22-2)24-18-10-11-20-25-19(15-29-4)26-28(20)14-18;/h5-9,16,18H,10-15H2,1-4H3,(H2,22,23,24);1H. The third-order valence-electron chi connectivity index (χ3n) is 5.33. The summed E-state index contributed by atoms with van der Waals surface area (Å²) in [6.45, 7) is 5.22. The van der Waals surface area contributed by atoms with Gasteiger partial charge in [-0.15, -0.1) is 24.0 Å². The topological polar surface area (TPSA) is 79.6 Å². The van der Waals surface area contributed by atoms with Crippen LogP contribution < -0.4 is 10.6 Å². The highest BCUT2D eigenvalue weighted by Crippen LogP contribution is 2.13. The molecule has 2 unspecified atom stereocenters. The number of aryl methyl sites for hydroxylation is 1. The Morgan fingerprint density at radius 3 is 2.83 bits per heavy atom. The van der Waals surface area contributed by atoms with Gasteiger partial charge in [-0.1, -0.05) is 30.3 Å². The Labute approximate surface area is 196 Å². The minimum atomic E-state index is 0. The Hall–Kier alpha value is -1.72. The fraction of sp³-hybridized carbons (Fsp3) is 0.571. The number of guanidine groups is 1. The van der Waals surface area contributed by atoms with Gasteiger partial charge in [0.2, 0.25) is 0 Å². The van der Waals surface area contributed by atoms with E-state index in [1.807, 2.05) is 11.7 Å². The molecule has 2 atom stereocenters. The van der Waals surface area contributed by atoms with E-state index in [4.69, 9.17) is 4.74 Å². The maximum atomic E-state index is 5.14. The number of benzene rings is 1. The van der Waals surface area contributed by atoms with Crippen molar-refractivity contribution in [3.8, 4) is 0 Å². The lowest BCUT2D eigenvalue weighted by Crippen LogP contribution is -2.49. The van der Waals surface area contributed by atoms with Crippen LogP contribution in [0.25, 0.3) is 0 Å². The van der Waals surface area contributed by atoms with E-state index < -0.39 is 0 Å². The predicted octanol–water partition coefficient (Wildman–Crippen LogP) is 2.04. The first kappa shape index (κ1) is 24.5. The van der Waals surface area contributed by atoms with Crippen LogP contribution in [0.1, 0.15) is 30.6 Å². The lowest BCUT2D eigenvalue weighted by molar-refractivity contribution is 0.177. The molecule has 0 aliphatic carbocycles. The van der Waals surface area contributed by atoms with Crippen molar-refractivity contribution in [1.29, 1.82) is 0 Å². The number of methoxy groups -OCH3 is 1. The monoisotopic (exact) mass is 527 g/mol. The van der Waals surface area contributed by atoms with Crippen molar-refractivity contribution in [2.45, 2.75) is 51.5 Å². The van der Waals surface area contributed by atoms with Crippen molar-refractivity contribution in [2.24, 2.45) is 4.99 Å². The van der Waals surface area contributed by atoms with Gasteiger partial charge < -0.3 is 15.4 Å². The van der Waals surface area contributed by atoms with E-state index in [1.165, 1.54) is 5.56 Å². The van der Waals surface area contributed by atoms with E-state index in [-0.39, 0.29) is 30.0 Å². The number of ether oxygens (including phenoxy) is 1.